The molecule has 5 nitrogen and oxygen atoms in total. The minimum atomic E-state index is -0.633. The molecule has 5 heterocycles. The van der Waals surface area contributed by atoms with Crippen LogP contribution in [-0.2, 0) is 10.8 Å². The topological polar surface area (TPSA) is 42.0 Å². The summed E-state index contributed by atoms with van der Waals surface area (Å²) in [7, 11) is 0. The molecule has 69 heavy (non-hydrogen) atoms. The van der Waals surface area contributed by atoms with Crippen molar-refractivity contribution in [1.29, 1.82) is 0 Å². The number of nitrogens with zero attached hydrogens (tertiary/aromatic N) is 2. The zero-order chi connectivity index (χ0) is 45.4. The van der Waals surface area contributed by atoms with Gasteiger partial charge in [0, 0.05) is 53.8 Å². The van der Waals surface area contributed by atoms with Gasteiger partial charge in [-0.1, -0.05) is 146 Å². The maximum atomic E-state index is 14.7. The molecule has 0 atom stereocenters. The lowest BCUT2D eigenvalue weighted by Gasteiger charge is -2.48. The van der Waals surface area contributed by atoms with Gasteiger partial charge in [0.05, 0.1) is 33.6 Å². The molecule has 0 N–H and O–H groups in total. The van der Waals surface area contributed by atoms with Crippen molar-refractivity contribution in [3.05, 3.63) is 285 Å². The summed E-state index contributed by atoms with van der Waals surface area (Å²) in [4.78, 5) is 19.4. The predicted octanol–water partition coefficient (Wildman–Crippen LogP) is 16.0. The summed E-state index contributed by atoms with van der Waals surface area (Å²) in [5, 5.41) is 1.41. The van der Waals surface area contributed by atoms with Crippen molar-refractivity contribution in [3.8, 4) is 23.0 Å². The van der Waals surface area contributed by atoms with Crippen molar-refractivity contribution in [2.45, 2.75) is 10.8 Å². The maximum Gasteiger partial charge on any atom is 0.195 e. The molecular weight excluding hydrogens is 865 g/mol. The second kappa shape index (κ2) is 14.2. The van der Waals surface area contributed by atoms with Gasteiger partial charge in [0.25, 0.3) is 0 Å². The van der Waals surface area contributed by atoms with E-state index in [1.807, 2.05) is 36.4 Å². The van der Waals surface area contributed by atoms with E-state index in [0.29, 0.717) is 10.8 Å². The lowest BCUT2D eigenvalue weighted by molar-refractivity contribution is 0.434. The van der Waals surface area contributed by atoms with E-state index in [0.717, 1.165) is 88.8 Å². The predicted molar refractivity (Wildman–Crippen MR) is 279 cm³/mol. The van der Waals surface area contributed by atoms with Crippen molar-refractivity contribution in [3.63, 3.8) is 0 Å². The standard InChI is InChI=1S/C63H38N2O3S/c66-61-41-35-33-39(64-51-25-9-1-17-43(51)62(44-18-2-10-26-52(44)64)47-21-5-13-29-55(47)67-56-30-14-6-22-48(56)62)37-59(41)69-60-38-40(34-36-42(60)61)65-53-27-11-3-19-45(53)63(46-20-4-12-28-54(46)65)49-23-7-15-31-57(49)68-58-32-16-8-24-50(58)63/h1-38H. The van der Waals surface area contributed by atoms with Crippen LogP contribution in [0.4, 0.5) is 34.1 Å². The summed E-state index contributed by atoms with van der Waals surface area (Å²) >= 11 is 1.67. The Labute approximate surface area is 402 Å². The van der Waals surface area contributed by atoms with Gasteiger partial charge in [-0.2, -0.15) is 0 Å². The first-order valence-electron chi connectivity index (χ1n) is 23.4. The molecule has 10 aromatic carbocycles. The molecule has 0 radical (unpaired) electrons. The zero-order valence-corrected chi connectivity index (χ0v) is 37.8. The van der Waals surface area contributed by atoms with Crippen molar-refractivity contribution >= 4 is 65.6 Å². The number of anilines is 6. The molecule has 0 aliphatic carbocycles. The van der Waals surface area contributed by atoms with Gasteiger partial charge in [-0.25, -0.2) is 0 Å². The summed E-state index contributed by atoms with van der Waals surface area (Å²) in [6.07, 6.45) is 0. The normalized spacial score (nSPS) is 14.8. The third-order valence-electron chi connectivity index (χ3n) is 15.0. The first-order valence-corrected chi connectivity index (χ1v) is 24.2. The quantitative estimate of drug-likeness (QED) is 0.162. The largest absolute Gasteiger partial charge is 0.457 e. The molecule has 0 saturated carbocycles. The third kappa shape index (κ3) is 5.00. The lowest BCUT2D eigenvalue weighted by Crippen LogP contribution is -2.39. The Balaban J connectivity index is 0.913. The van der Waals surface area contributed by atoms with E-state index < -0.39 is 10.8 Å². The van der Waals surface area contributed by atoms with Crippen LogP contribution in [0.1, 0.15) is 44.5 Å². The van der Waals surface area contributed by atoms with Crippen LogP contribution in [0.5, 0.6) is 23.0 Å². The van der Waals surface area contributed by atoms with Gasteiger partial charge in [-0.3, -0.25) is 4.79 Å². The molecule has 4 aliphatic heterocycles. The van der Waals surface area contributed by atoms with Crippen LogP contribution in [0.25, 0.3) is 20.2 Å². The molecular formula is C63H38N2O3S. The van der Waals surface area contributed by atoms with E-state index in [9.17, 15) is 4.79 Å². The highest BCUT2D eigenvalue weighted by molar-refractivity contribution is 7.24. The van der Waals surface area contributed by atoms with Crippen LogP contribution >= 0.6 is 11.3 Å². The Kier molecular flexibility index (Phi) is 7.88. The molecule has 15 rings (SSSR count). The Morgan fingerprint density at radius 3 is 0.913 bits per heavy atom. The van der Waals surface area contributed by atoms with Crippen LogP contribution in [-0.4, -0.2) is 0 Å². The molecule has 1 aromatic heterocycles. The Morgan fingerprint density at radius 2 is 0.594 bits per heavy atom. The van der Waals surface area contributed by atoms with Gasteiger partial charge in [-0.15, -0.1) is 11.3 Å². The molecule has 6 heteroatoms. The van der Waals surface area contributed by atoms with Crippen molar-refractivity contribution in [2.75, 3.05) is 9.80 Å². The van der Waals surface area contributed by atoms with Gasteiger partial charge in [-0.05, 0) is 107 Å². The second-order valence-corrected chi connectivity index (χ2v) is 19.3. The van der Waals surface area contributed by atoms with Crippen LogP contribution in [0, 0.1) is 0 Å². The number of rotatable bonds is 2. The first-order chi connectivity index (χ1) is 34.1. The number of hydrogen-bond acceptors (Lipinski definition) is 6. The number of fused-ring (bicyclic) bond motifs is 18. The fourth-order valence-corrected chi connectivity index (χ4v) is 13.4. The number of para-hydroxylation sites is 8. The lowest BCUT2D eigenvalue weighted by atomic mass is 9.61. The molecule has 0 unspecified atom stereocenters. The molecule has 0 amide bonds. The Bertz CT molecular complexity index is 3610. The Morgan fingerprint density at radius 1 is 0.319 bits per heavy atom. The number of hydrogen-bond donors (Lipinski definition) is 0. The van der Waals surface area contributed by atoms with Crippen LogP contribution in [0.15, 0.2) is 235 Å². The van der Waals surface area contributed by atoms with Crippen LogP contribution in [0.2, 0.25) is 0 Å². The van der Waals surface area contributed by atoms with E-state index in [2.05, 4.69) is 204 Å². The Hall–Kier alpha value is -8.71. The van der Waals surface area contributed by atoms with Crippen LogP contribution < -0.4 is 24.7 Å². The average molecular weight is 903 g/mol. The maximum absolute atomic E-state index is 14.7. The van der Waals surface area contributed by atoms with Crippen molar-refractivity contribution in [1.82, 2.24) is 0 Å². The third-order valence-corrected chi connectivity index (χ3v) is 16.1. The fourth-order valence-electron chi connectivity index (χ4n) is 12.3. The molecule has 4 aliphatic rings. The molecule has 0 saturated heterocycles. The van der Waals surface area contributed by atoms with Gasteiger partial charge in [0.1, 0.15) is 23.0 Å². The van der Waals surface area contributed by atoms with E-state index in [4.69, 9.17) is 9.47 Å². The van der Waals surface area contributed by atoms with Crippen molar-refractivity contribution < 1.29 is 9.47 Å². The fraction of sp³-hybridized carbons (Fsp3) is 0.0317. The smallest absolute Gasteiger partial charge is 0.195 e. The summed E-state index contributed by atoms with van der Waals surface area (Å²) in [5.41, 5.74) is 14.1. The second-order valence-electron chi connectivity index (χ2n) is 18.2. The van der Waals surface area contributed by atoms with E-state index in [-0.39, 0.29) is 5.43 Å². The van der Waals surface area contributed by atoms with Crippen LogP contribution in [0.3, 0.4) is 0 Å². The highest BCUT2D eigenvalue weighted by Gasteiger charge is 2.52. The van der Waals surface area contributed by atoms with E-state index >= 15 is 0 Å². The van der Waals surface area contributed by atoms with E-state index in [1.165, 1.54) is 22.3 Å². The molecule has 2 spiro atoms. The highest BCUT2D eigenvalue weighted by Crippen LogP contribution is 2.64. The monoisotopic (exact) mass is 902 g/mol. The number of ether oxygens (including phenoxy) is 2. The zero-order valence-electron chi connectivity index (χ0n) is 37.0. The number of benzene rings is 10. The highest BCUT2D eigenvalue weighted by atomic mass is 32.1. The van der Waals surface area contributed by atoms with Gasteiger partial charge in [0.2, 0.25) is 0 Å². The first kappa shape index (κ1) is 38.4. The SMILES string of the molecule is O=c1c2ccc(N3c4ccccc4C4(c5ccccc5Oc5ccccc54)c4ccccc43)cc2sc2cc(N3c4ccccc4C4(c5ccccc5Oc5ccccc54)c4ccccc43)ccc12. The minimum absolute atomic E-state index is 0.0273. The van der Waals surface area contributed by atoms with Crippen molar-refractivity contribution in [2.24, 2.45) is 0 Å². The van der Waals surface area contributed by atoms with Gasteiger partial charge < -0.3 is 19.3 Å². The van der Waals surface area contributed by atoms with E-state index in [1.54, 1.807) is 11.3 Å². The molecule has 324 valence electrons. The summed E-state index contributed by atoms with van der Waals surface area (Å²) in [6, 6.07) is 81.5. The molecule has 0 fully saturated rings. The molecule has 0 bridgehead atoms. The minimum Gasteiger partial charge on any atom is -0.457 e. The summed E-state index contributed by atoms with van der Waals surface area (Å²) < 4.78 is 15.1. The molecule has 11 aromatic rings. The summed E-state index contributed by atoms with van der Waals surface area (Å²) in [6.45, 7) is 0. The summed E-state index contributed by atoms with van der Waals surface area (Å²) in [5.74, 6) is 3.41. The van der Waals surface area contributed by atoms with Gasteiger partial charge >= 0.3 is 0 Å². The average Bonchev–Trinajstić information content (AvgIpc) is 3.40. The van der Waals surface area contributed by atoms with Gasteiger partial charge in [0.15, 0.2) is 5.43 Å².